The summed E-state index contributed by atoms with van der Waals surface area (Å²) in [5.74, 6) is -0.0563. The van der Waals surface area contributed by atoms with Gasteiger partial charge in [0.05, 0.1) is 29.8 Å². The molecule has 2 aromatic rings. The molecule has 26 heavy (non-hydrogen) atoms. The normalized spacial score (nSPS) is 15.7. The van der Waals surface area contributed by atoms with Crippen LogP contribution in [0.3, 0.4) is 0 Å². The van der Waals surface area contributed by atoms with Gasteiger partial charge < -0.3 is 14.6 Å². The van der Waals surface area contributed by atoms with Crippen molar-refractivity contribution in [1.82, 2.24) is 0 Å². The molecule has 8 heteroatoms. The fraction of sp³-hybridized carbons (Fsp3) is 0.111. The number of rotatable bonds is 4. The number of amides is 2. The van der Waals surface area contributed by atoms with Crippen LogP contribution >= 0.6 is 23.4 Å². The van der Waals surface area contributed by atoms with Crippen molar-refractivity contribution in [3.05, 3.63) is 51.9 Å². The largest absolute Gasteiger partial charge is 0.503 e. The minimum Gasteiger partial charge on any atom is -0.503 e. The Morgan fingerprint density at radius 2 is 1.81 bits per heavy atom. The molecule has 134 valence electrons. The Bertz CT molecular complexity index is 928. The maximum atomic E-state index is 12.7. The second-order valence-electron chi connectivity index (χ2n) is 5.24. The highest BCUT2D eigenvalue weighted by Crippen LogP contribution is 2.41. The van der Waals surface area contributed by atoms with Crippen LogP contribution in [-0.4, -0.2) is 30.5 Å². The minimum atomic E-state index is -0.465. The first-order valence-electron chi connectivity index (χ1n) is 7.43. The van der Waals surface area contributed by atoms with Crippen molar-refractivity contribution >= 4 is 46.3 Å². The van der Waals surface area contributed by atoms with Crippen LogP contribution in [0.25, 0.3) is 6.08 Å². The number of benzene rings is 2. The highest BCUT2D eigenvalue weighted by molar-refractivity contribution is 8.19. The summed E-state index contributed by atoms with van der Waals surface area (Å²) >= 11 is 6.78. The van der Waals surface area contributed by atoms with Crippen LogP contribution in [0.4, 0.5) is 10.5 Å². The first-order chi connectivity index (χ1) is 12.5. The number of aromatic hydroxyl groups is 1. The number of imide groups is 1. The number of hydrogen-bond donors (Lipinski definition) is 1. The second-order valence-corrected chi connectivity index (χ2v) is 6.64. The van der Waals surface area contributed by atoms with Gasteiger partial charge in [-0.05, 0) is 47.7 Å². The van der Waals surface area contributed by atoms with Crippen LogP contribution in [0, 0.1) is 0 Å². The van der Waals surface area contributed by atoms with Crippen LogP contribution in [0.5, 0.6) is 17.2 Å². The van der Waals surface area contributed by atoms with Gasteiger partial charge in [0.2, 0.25) is 0 Å². The van der Waals surface area contributed by atoms with E-state index in [0.717, 1.165) is 16.7 Å². The van der Waals surface area contributed by atoms with Gasteiger partial charge in [0.25, 0.3) is 11.1 Å². The van der Waals surface area contributed by atoms with Crippen molar-refractivity contribution in [2.75, 3.05) is 19.1 Å². The molecule has 0 bridgehead atoms. The zero-order valence-corrected chi connectivity index (χ0v) is 15.4. The summed E-state index contributed by atoms with van der Waals surface area (Å²) in [7, 11) is 2.86. The summed E-state index contributed by atoms with van der Waals surface area (Å²) in [6.45, 7) is 0. The van der Waals surface area contributed by atoms with Crippen molar-refractivity contribution in [3.63, 3.8) is 0 Å². The van der Waals surface area contributed by atoms with E-state index >= 15 is 0 Å². The predicted molar refractivity (Wildman–Crippen MR) is 101 cm³/mol. The number of carbonyl (C=O) groups is 2. The molecule has 1 aliphatic rings. The average Bonchev–Trinajstić information content (AvgIpc) is 2.91. The lowest BCUT2D eigenvalue weighted by atomic mass is 10.1. The minimum absolute atomic E-state index is 0.0829. The molecular formula is C18H14ClNO5S. The average molecular weight is 392 g/mol. The lowest BCUT2D eigenvalue weighted by Crippen LogP contribution is -2.28. The molecule has 6 nitrogen and oxygen atoms in total. The Morgan fingerprint density at radius 3 is 2.50 bits per heavy atom. The summed E-state index contributed by atoms with van der Waals surface area (Å²) in [6.07, 6.45) is 1.52. The zero-order chi connectivity index (χ0) is 18.8. The summed E-state index contributed by atoms with van der Waals surface area (Å²) in [4.78, 5) is 26.4. The van der Waals surface area contributed by atoms with Gasteiger partial charge in [-0.1, -0.05) is 23.7 Å². The van der Waals surface area contributed by atoms with Gasteiger partial charge in [-0.2, -0.15) is 0 Å². The fourth-order valence-electron chi connectivity index (χ4n) is 2.47. The third kappa shape index (κ3) is 3.23. The van der Waals surface area contributed by atoms with E-state index in [4.69, 9.17) is 21.1 Å². The molecule has 2 amide bonds. The molecule has 3 rings (SSSR count). The van der Waals surface area contributed by atoms with E-state index in [1.54, 1.807) is 24.3 Å². The monoisotopic (exact) mass is 391 g/mol. The van der Waals surface area contributed by atoms with E-state index in [1.165, 1.54) is 32.4 Å². The Kier molecular flexibility index (Phi) is 5.11. The molecule has 1 saturated heterocycles. The van der Waals surface area contributed by atoms with E-state index in [-0.39, 0.29) is 21.4 Å². The topological polar surface area (TPSA) is 76.1 Å². The summed E-state index contributed by atoms with van der Waals surface area (Å²) in [6, 6.07) is 9.79. The number of ether oxygens (including phenoxy) is 2. The van der Waals surface area contributed by atoms with Crippen LogP contribution < -0.4 is 14.4 Å². The van der Waals surface area contributed by atoms with Crippen molar-refractivity contribution < 1.29 is 24.2 Å². The Labute approximate surface area is 159 Å². The quantitative estimate of drug-likeness (QED) is 0.783. The summed E-state index contributed by atoms with van der Waals surface area (Å²) < 4.78 is 10.3. The summed E-state index contributed by atoms with van der Waals surface area (Å²) in [5, 5.41) is 9.45. The maximum Gasteiger partial charge on any atom is 0.298 e. The zero-order valence-electron chi connectivity index (χ0n) is 13.9. The third-order valence-electron chi connectivity index (χ3n) is 3.69. The Balaban J connectivity index is 1.99. The number of nitrogens with zero attached hydrogens (tertiary/aromatic N) is 1. The first kappa shape index (κ1) is 18.2. The highest BCUT2D eigenvalue weighted by Gasteiger charge is 2.37. The molecule has 2 aromatic carbocycles. The van der Waals surface area contributed by atoms with E-state index < -0.39 is 11.1 Å². The maximum absolute atomic E-state index is 12.7. The van der Waals surface area contributed by atoms with Gasteiger partial charge in [0.1, 0.15) is 5.75 Å². The molecular weight excluding hydrogens is 378 g/mol. The van der Waals surface area contributed by atoms with Gasteiger partial charge in [0.15, 0.2) is 11.5 Å². The number of phenolic OH excluding ortho intramolecular Hbond substituents is 1. The van der Waals surface area contributed by atoms with E-state index in [1.807, 2.05) is 0 Å². The molecule has 1 aliphatic heterocycles. The second kappa shape index (κ2) is 7.31. The van der Waals surface area contributed by atoms with Gasteiger partial charge in [-0.25, -0.2) is 4.90 Å². The standard InChI is InChI=1S/C18H14ClNO5S/c1-24-13-6-4-3-5-12(13)20-17(22)15(26-18(20)23)9-10-7-11(19)16(21)14(8-10)25-2/h3-9,21H,1-2H3/b15-9-. The number of methoxy groups -OCH3 is 2. The number of halogens is 1. The number of phenols is 1. The lowest BCUT2D eigenvalue weighted by Gasteiger charge is -2.15. The molecule has 0 aromatic heterocycles. The van der Waals surface area contributed by atoms with Crippen molar-refractivity contribution in [1.29, 1.82) is 0 Å². The van der Waals surface area contributed by atoms with E-state index in [2.05, 4.69) is 0 Å². The number of para-hydroxylation sites is 2. The molecule has 0 radical (unpaired) electrons. The van der Waals surface area contributed by atoms with Gasteiger partial charge >= 0.3 is 0 Å². The number of carbonyl (C=O) groups excluding carboxylic acids is 2. The van der Waals surface area contributed by atoms with Gasteiger partial charge in [0, 0.05) is 0 Å². The smallest absolute Gasteiger partial charge is 0.298 e. The van der Waals surface area contributed by atoms with Crippen LogP contribution in [0.1, 0.15) is 5.56 Å². The number of anilines is 1. The molecule has 1 fully saturated rings. The van der Waals surface area contributed by atoms with Crippen LogP contribution in [0.2, 0.25) is 5.02 Å². The molecule has 0 unspecified atom stereocenters. The molecule has 0 spiro atoms. The van der Waals surface area contributed by atoms with Crippen LogP contribution in [-0.2, 0) is 4.79 Å². The van der Waals surface area contributed by atoms with Crippen LogP contribution in [0.15, 0.2) is 41.3 Å². The van der Waals surface area contributed by atoms with Crippen molar-refractivity contribution in [2.24, 2.45) is 0 Å². The Morgan fingerprint density at radius 1 is 1.12 bits per heavy atom. The highest BCUT2D eigenvalue weighted by atomic mass is 35.5. The fourth-order valence-corrected chi connectivity index (χ4v) is 3.53. The number of thioether (sulfide) groups is 1. The van der Waals surface area contributed by atoms with E-state index in [0.29, 0.717) is 17.0 Å². The van der Waals surface area contributed by atoms with Crippen molar-refractivity contribution in [3.8, 4) is 17.2 Å². The molecule has 1 heterocycles. The molecule has 0 aliphatic carbocycles. The lowest BCUT2D eigenvalue weighted by molar-refractivity contribution is -0.113. The molecule has 0 saturated carbocycles. The first-order valence-corrected chi connectivity index (χ1v) is 8.63. The third-order valence-corrected chi connectivity index (χ3v) is 4.85. The SMILES string of the molecule is COc1ccccc1N1C(=O)S/C(=C\c2cc(Cl)c(O)c(OC)c2)C1=O. The van der Waals surface area contributed by atoms with E-state index in [9.17, 15) is 14.7 Å². The molecule has 0 atom stereocenters. The van der Waals surface area contributed by atoms with Crippen molar-refractivity contribution in [2.45, 2.75) is 0 Å². The summed E-state index contributed by atoms with van der Waals surface area (Å²) in [5.41, 5.74) is 0.900. The Hall–Kier alpha value is -2.64. The predicted octanol–water partition coefficient (Wildman–Crippen LogP) is 4.30. The number of hydrogen-bond acceptors (Lipinski definition) is 6. The van der Waals surface area contributed by atoms with Gasteiger partial charge in [-0.15, -0.1) is 0 Å². The van der Waals surface area contributed by atoms with Gasteiger partial charge in [-0.3, -0.25) is 9.59 Å². The molecule has 1 N–H and O–H groups in total.